The molecule has 2 aromatic heterocycles. The molecular formula is C11H13N3OS. The van der Waals surface area contributed by atoms with Crippen LogP contribution in [0.15, 0.2) is 29.3 Å². The summed E-state index contributed by atoms with van der Waals surface area (Å²) in [5.74, 6) is 0. The SMILES string of the molecule is Cc1ccn(C)c(=O)c1NCc1ccns1. The highest BCUT2D eigenvalue weighted by Gasteiger charge is 2.05. The fourth-order valence-corrected chi connectivity index (χ4v) is 1.96. The number of anilines is 1. The van der Waals surface area contributed by atoms with Crippen LogP contribution in [-0.2, 0) is 13.6 Å². The van der Waals surface area contributed by atoms with E-state index in [0.29, 0.717) is 12.2 Å². The summed E-state index contributed by atoms with van der Waals surface area (Å²) in [6.07, 6.45) is 3.53. The van der Waals surface area contributed by atoms with Crippen molar-refractivity contribution in [3.8, 4) is 0 Å². The zero-order valence-electron chi connectivity index (χ0n) is 9.23. The van der Waals surface area contributed by atoms with E-state index in [2.05, 4.69) is 9.69 Å². The van der Waals surface area contributed by atoms with Crippen molar-refractivity contribution in [2.45, 2.75) is 13.5 Å². The summed E-state index contributed by atoms with van der Waals surface area (Å²) in [5, 5.41) is 3.16. The second kappa shape index (κ2) is 4.49. The minimum Gasteiger partial charge on any atom is -0.375 e. The van der Waals surface area contributed by atoms with Gasteiger partial charge in [-0.3, -0.25) is 4.79 Å². The summed E-state index contributed by atoms with van der Waals surface area (Å²) < 4.78 is 5.59. The van der Waals surface area contributed by atoms with Gasteiger partial charge in [0.1, 0.15) is 5.69 Å². The molecule has 4 nitrogen and oxygen atoms in total. The molecule has 0 saturated heterocycles. The van der Waals surface area contributed by atoms with E-state index in [4.69, 9.17) is 0 Å². The Hall–Kier alpha value is -1.62. The quantitative estimate of drug-likeness (QED) is 0.881. The Morgan fingerprint density at radius 3 is 3.00 bits per heavy atom. The third-order valence-electron chi connectivity index (χ3n) is 2.41. The van der Waals surface area contributed by atoms with Gasteiger partial charge in [0, 0.05) is 24.3 Å². The number of aromatic nitrogens is 2. The van der Waals surface area contributed by atoms with Crippen molar-refractivity contribution in [2.24, 2.45) is 7.05 Å². The molecule has 0 unspecified atom stereocenters. The number of aryl methyl sites for hydroxylation is 2. The Labute approximate surface area is 97.7 Å². The van der Waals surface area contributed by atoms with Crippen LogP contribution in [-0.4, -0.2) is 8.94 Å². The zero-order chi connectivity index (χ0) is 11.5. The van der Waals surface area contributed by atoms with Gasteiger partial charge in [0.25, 0.3) is 5.56 Å². The lowest BCUT2D eigenvalue weighted by Crippen LogP contribution is -2.21. The summed E-state index contributed by atoms with van der Waals surface area (Å²) in [6.45, 7) is 2.57. The minimum absolute atomic E-state index is 0.00418. The Balaban J connectivity index is 2.21. The largest absolute Gasteiger partial charge is 0.375 e. The maximum Gasteiger partial charge on any atom is 0.273 e. The fraction of sp³-hybridized carbons (Fsp3) is 0.273. The van der Waals surface area contributed by atoms with Crippen LogP contribution < -0.4 is 10.9 Å². The first kappa shape index (κ1) is 10.9. The molecule has 0 aliphatic heterocycles. The van der Waals surface area contributed by atoms with Crippen molar-refractivity contribution in [3.63, 3.8) is 0 Å². The van der Waals surface area contributed by atoms with Crippen LogP contribution in [0.25, 0.3) is 0 Å². The van der Waals surface area contributed by atoms with E-state index in [9.17, 15) is 4.79 Å². The van der Waals surface area contributed by atoms with E-state index in [1.807, 2.05) is 19.1 Å². The number of pyridine rings is 1. The molecule has 0 aliphatic rings. The molecule has 0 amide bonds. The topological polar surface area (TPSA) is 46.9 Å². The van der Waals surface area contributed by atoms with Gasteiger partial charge in [0.2, 0.25) is 0 Å². The first-order valence-corrected chi connectivity index (χ1v) is 5.75. The Bertz CT molecular complexity index is 531. The molecule has 0 aliphatic carbocycles. The average molecular weight is 235 g/mol. The maximum absolute atomic E-state index is 11.8. The van der Waals surface area contributed by atoms with Gasteiger partial charge in [-0.1, -0.05) is 0 Å². The van der Waals surface area contributed by atoms with Crippen molar-refractivity contribution in [2.75, 3.05) is 5.32 Å². The third-order valence-corrected chi connectivity index (χ3v) is 3.15. The van der Waals surface area contributed by atoms with Crippen LogP contribution in [0.3, 0.4) is 0 Å². The third kappa shape index (κ3) is 2.14. The summed E-state index contributed by atoms with van der Waals surface area (Å²) in [7, 11) is 1.75. The molecule has 0 saturated carbocycles. The van der Waals surface area contributed by atoms with Crippen molar-refractivity contribution in [1.29, 1.82) is 0 Å². The van der Waals surface area contributed by atoms with E-state index in [0.717, 1.165) is 10.4 Å². The van der Waals surface area contributed by atoms with Crippen LogP contribution in [0.2, 0.25) is 0 Å². The zero-order valence-corrected chi connectivity index (χ0v) is 10.0. The lowest BCUT2D eigenvalue weighted by Gasteiger charge is -2.08. The van der Waals surface area contributed by atoms with E-state index in [1.165, 1.54) is 11.5 Å². The molecule has 16 heavy (non-hydrogen) atoms. The Morgan fingerprint density at radius 2 is 2.31 bits per heavy atom. The molecule has 84 valence electrons. The molecular weight excluding hydrogens is 222 g/mol. The number of nitrogens with one attached hydrogen (secondary N) is 1. The lowest BCUT2D eigenvalue weighted by atomic mass is 10.2. The highest BCUT2D eigenvalue weighted by Crippen LogP contribution is 2.11. The number of rotatable bonds is 3. The molecule has 2 rings (SSSR count). The molecule has 0 atom stereocenters. The summed E-state index contributed by atoms with van der Waals surface area (Å²) >= 11 is 1.44. The number of nitrogens with zero attached hydrogens (tertiary/aromatic N) is 2. The lowest BCUT2D eigenvalue weighted by molar-refractivity contribution is 0.855. The molecule has 0 spiro atoms. The van der Waals surface area contributed by atoms with Gasteiger partial charge < -0.3 is 9.88 Å². The van der Waals surface area contributed by atoms with E-state index < -0.39 is 0 Å². The molecule has 0 aromatic carbocycles. The predicted molar refractivity (Wildman–Crippen MR) is 65.9 cm³/mol. The van der Waals surface area contributed by atoms with Gasteiger partial charge in [0.15, 0.2) is 0 Å². The number of hydrogen-bond donors (Lipinski definition) is 1. The van der Waals surface area contributed by atoms with Crippen LogP contribution in [0.5, 0.6) is 0 Å². The normalized spacial score (nSPS) is 10.4. The van der Waals surface area contributed by atoms with E-state index in [1.54, 1.807) is 24.0 Å². The Morgan fingerprint density at radius 1 is 1.50 bits per heavy atom. The van der Waals surface area contributed by atoms with Crippen molar-refractivity contribution >= 4 is 17.2 Å². The first-order valence-electron chi connectivity index (χ1n) is 4.98. The summed E-state index contributed by atoms with van der Waals surface area (Å²) in [4.78, 5) is 13.0. The van der Waals surface area contributed by atoms with Crippen LogP contribution >= 0.6 is 11.5 Å². The van der Waals surface area contributed by atoms with Crippen LogP contribution in [0.1, 0.15) is 10.4 Å². The maximum atomic E-state index is 11.8. The molecule has 0 radical (unpaired) electrons. The smallest absolute Gasteiger partial charge is 0.273 e. The van der Waals surface area contributed by atoms with Crippen molar-refractivity contribution in [1.82, 2.24) is 8.94 Å². The van der Waals surface area contributed by atoms with E-state index >= 15 is 0 Å². The summed E-state index contributed by atoms with van der Waals surface area (Å²) in [5.41, 5.74) is 1.63. The standard InChI is InChI=1S/C11H13N3OS/c1-8-4-6-14(2)11(15)10(8)12-7-9-3-5-13-16-9/h3-6,12H,7H2,1-2H3. The van der Waals surface area contributed by atoms with Gasteiger partial charge in [-0.2, -0.15) is 0 Å². The predicted octanol–water partition coefficient (Wildman–Crippen LogP) is 1.76. The average Bonchev–Trinajstić information content (AvgIpc) is 2.77. The van der Waals surface area contributed by atoms with Crippen LogP contribution in [0.4, 0.5) is 5.69 Å². The molecule has 1 N–H and O–H groups in total. The summed E-state index contributed by atoms with van der Waals surface area (Å²) in [6, 6.07) is 3.87. The van der Waals surface area contributed by atoms with Crippen LogP contribution in [0, 0.1) is 6.92 Å². The van der Waals surface area contributed by atoms with Gasteiger partial charge in [-0.05, 0) is 36.2 Å². The number of hydrogen-bond acceptors (Lipinski definition) is 4. The van der Waals surface area contributed by atoms with Gasteiger partial charge in [-0.15, -0.1) is 0 Å². The first-order chi connectivity index (χ1) is 7.68. The highest BCUT2D eigenvalue weighted by atomic mass is 32.1. The second-order valence-corrected chi connectivity index (χ2v) is 4.54. The molecule has 2 aromatic rings. The molecule has 0 bridgehead atoms. The highest BCUT2D eigenvalue weighted by molar-refractivity contribution is 7.05. The van der Waals surface area contributed by atoms with Gasteiger partial charge in [-0.25, -0.2) is 4.37 Å². The van der Waals surface area contributed by atoms with Gasteiger partial charge in [0.05, 0.1) is 6.54 Å². The fourth-order valence-electron chi connectivity index (χ4n) is 1.44. The van der Waals surface area contributed by atoms with E-state index in [-0.39, 0.29) is 5.56 Å². The molecule has 2 heterocycles. The molecule has 0 fully saturated rings. The van der Waals surface area contributed by atoms with Crippen molar-refractivity contribution in [3.05, 3.63) is 45.3 Å². The minimum atomic E-state index is 0.00418. The monoisotopic (exact) mass is 235 g/mol. The van der Waals surface area contributed by atoms with Crippen molar-refractivity contribution < 1.29 is 0 Å². The second-order valence-electron chi connectivity index (χ2n) is 3.62. The van der Waals surface area contributed by atoms with Gasteiger partial charge >= 0.3 is 0 Å². The molecule has 5 heteroatoms. The Kier molecular flexibility index (Phi) is 3.05.